The van der Waals surface area contributed by atoms with Gasteiger partial charge >= 0.3 is 27.3 Å². The summed E-state index contributed by atoms with van der Waals surface area (Å²) in [6.07, 6.45) is 4.37. The van der Waals surface area contributed by atoms with E-state index < -0.39 is 33.9 Å². The monoisotopic (exact) mass is 470 g/mol. The molecule has 0 saturated heterocycles. The van der Waals surface area contributed by atoms with E-state index in [1.807, 2.05) is 13.8 Å². The fourth-order valence-corrected chi connectivity index (χ4v) is 5.90. The molecule has 12 heteroatoms. The van der Waals surface area contributed by atoms with E-state index in [1.54, 1.807) is 0 Å². The van der Waals surface area contributed by atoms with E-state index in [9.17, 15) is 26.8 Å². The number of esters is 2. The van der Waals surface area contributed by atoms with Crippen molar-refractivity contribution in [3.8, 4) is 0 Å². The van der Waals surface area contributed by atoms with Crippen molar-refractivity contribution in [1.82, 2.24) is 0 Å². The minimum Gasteiger partial charge on any atom is -0.463 e. The molecule has 4 saturated carbocycles. The number of ether oxygens (including phenoxy) is 4. The van der Waals surface area contributed by atoms with Gasteiger partial charge in [-0.25, -0.2) is 9.59 Å². The van der Waals surface area contributed by atoms with Crippen molar-refractivity contribution in [2.24, 2.45) is 23.2 Å². The van der Waals surface area contributed by atoms with Crippen LogP contribution >= 0.6 is 0 Å². The third kappa shape index (κ3) is 5.18. The minimum absolute atomic E-state index is 0.0648. The van der Waals surface area contributed by atoms with Crippen LogP contribution in [0.3, 0.4) is 0 Å². The Morgan fingerprint density at radius 1 is 1.16 bits per heavy atom. The lowest BCUT2D eigenvalue weighted by Gasteiger charge is -2.59. The molecule has 0 aromatic carbocycles. The van der Waals surface area contributed by atoms with Crippen LogP contribution < -0.4 is 0 Å². The summed E-state index contributed by atoms with van der Waals surface area (Å²) in [5.41, 5.74) is -0.233. The summed E-state index contributed by atoms with van der Waals surface area (Å²) in [4.78, 5) is 23.1. The van der Waals surface area contributed by atoms with Crippen LogP contribution in [-0.4, -0.2) is 62.4 Å². The van der Waals surface area contributed by atoms with Gasteiger partial charge in [0.15, 0.2) is 12.9 Å². The Balaban J connectivity index is 1.51. The van der Waals surface area contributed by atoms with Crippen LogP contribution in [0.2, 0.25) is 0 Å². The first kappa shape index (κ1) is 24.3. The predicted octanol–water partition coefficient (Wildman–Crippen LogP) is 2.15. The second-order valence-corrected chi connectivity index (χ2v) is 10.3. The molecule has 4 aliphatic rings. The normalized spacial score (nSPS) is 33.2. The van der Waals surface area contributed by atoms with Crippen molar-refractivity contribution in [3.05, 3.63) is 0 Å². The average Bonchev–Trinajstić information content (AvgIpc) is 2.66. The molecule has 1 N–H and O–H groups in total. The Bertz CT molecular complexity index is 784. The maximum absolute atomic E-state index is 13.2. The maximum Gasteiger partial charge on any atom is 0.465 e. The molecule has 0 heterocycles. The zero-order chi connectivity index (χ0) is 23.0. The molecule has 9 nitrogen and oxygen atoms in total. The van der Waals surface area contributed by atoms with Crippen LogP contribution in [0.4, 0.5) is 8.78 Å². The highest BCUT2D eigenvalue weighted by atomic mass is 32.2. The number of alkyl halides is 2. The van der Waals surface area contributed by atoms with Crippen molar-refractivity contribution in [3.63, 3.8) is 0 Å². The fourth-order valence-electron chi connectivity index (χ4n) is 5.63. The van der Waals surface area contributed by atoms with Gasteiger partial charge in [-0.15, -0.1) is 0 Å². The Labute approximate surface area is 179 Å². The second kappa shape index (κ2) is 8.87. The van der Waals surface area contributed by atoms with Crippen LogP contribution in [0.5, 0.6) is 0 Å². The van der Waals surface area contributed by atoms with Crippen molar-refractivity contribution >= 4 is 22.1 Å². The van der Waals surface area contributed by atoms with Gasteiger partial charge in [-0.3, -0.25) is 4.55 Å². The molecule has 0 spiro atoms. The zero-order valence-electron chi connectivity index (χ0n) is 17.4. The van der Waals surface area contributed by atoms with Crippen molar-refractivity contribution in [1.29, 1.82) is 0 Å². The van der Waals surface area contributed by atoms with Crippen molar-refractivity contribution < 1.29 is 50.3 Å². The van der Waals surface area contributed by atoms with Crippen LogP contribution in [0, 0.1) is 23.2 Å². The van der Waals surface area contributed by atoms with Gasteiger partial charge in [-0.2, -0.15) is 17.2 Å². The summed E-state index contributed by atoms with van der Waals surface area (Å²) in [7, 11) is -5.99. The molecule has 0 amide bonds. The summed E-state index contributed by atoms with van der Waals surface area (Å²) >= 11 is 0. The van der Waals surface area contributed by atoms with Gasteiger partial charge in [0.05, 0.1) is 12.7 Å². The Morgan fingerprint density at radius 2 is 1.77 bits per heavy atom. The largest absolute Gasteiger partial charge is 0.465 e. The SMILES string of the molecule is CCOC(C)OC1C2CC3CC1CC(COC(=O)COC(=O)C(F)(F)S(=O)(=O)O)(C3)C2. The van der Waals surface area contributed by atoms with Crippen molar-refractivity contribution in [2.75, 3.05) is 19.8 Å². The quantitative estimate of drug-likeness (QED) is 0.290. The smallest absolute Gasteiger partial charge is 0.463 e. The van der Waals surface area contributed by atoms with Crippen LogP contribution in [0.1, 0.15) is 46.0 Å². The van der Waals surface area contributed by atoms with Gasteiger partial charge in [0, 0.05) is 12.0 Å². The Hall–Kier alpha value is -1.37. The summed E-state index contributed by atoms with van der Waals surface area (Å²) in [5.74, 6) is -2.46. The molecule has 4 fully saturated rings. The van der Waals surface area contributed by atoms with E-state index in [2.05, 4.69) is 4.74 Å². The number of hydrogen-bond acceptors (Lipinski definition) is 8. The third-order valence-electron chi connectivity index (χ3n) is 6.49. The van der Waals surface area contributed by atoms with Gasteiger partial charge < -0.3 is 18.9 Å². The van der Waals surface area contributed by atoms with Crippen LogP contribution in [0.25, 0.3) is 0 Å². The third-order valence-corrected chi connectivity index (χ3v) is 7.30. The number of rotatable bonds is 10. The van der Waals surface area contributed by atoms with E-state index in [4.69, 9.17) is 18.8 Å². The van der Waals surface area contributed by atoms with E-state index in [0.29, 0.717) is 24.4 Å². The average molecular weight is 470 g/mol. The summed E-state index contributed by atoms with van der Waals surface area (Å²) < 4.78 is 76.6. The van der Waals surface area contributed by atoms with Gasteiger partial charge in [0.1, 0.15) is 0 Å². The maximum atomic E-state index is 13.2. The summed E-state index contributed by atoms with van der Waals surface area (Å²) in [6.45, 7) is 3.23. The molecular formula is C19H28F2O9S. The van der Waals surface area contributed by atoms with E-state index >= 15 is 0 Å². The highest BCUT2D eigenvalue weighted by Gasteiger charge is 2.57. The number of halogens is 2. The fraction of sp³-hybridized carbons (Fsp3) is 0.895. The molecule has 0 aromatic heterocycles. The molecule has 3 unspecified atom stereocenters. The molecule has 0 aromatic rings. The van der Waals surface area contributed by atoms with Gasteiger partial charge in [-0.1, -0.05) is 0 Å². The first-order valence-corrected chi connectivity index (χ1v) is 11.8. The van der Waals surface area contributed by atoms with Crippen LogP contribution in [0.15, 0.2) is 0 Å². The van der Waals surface area contributed by atoms with E-state index in [1.165, 1.54) is 0 Å². The predicted molar refractivity (Wildman–Crippen MR) is 100 cm³/mol. The molecule has 4 bridgehead atoms. The molecule has 178 valence electrons. The lowest BCUT2D eigenvalue weighted by Crippen LogP contribution is -2.56. The highest BCUT2D eigenvalue weighted by molar-refractivity contribution is 7.87. The number of carbonyl (C=O) groups is 2. The minimum atomic E-state index is -5.99. The summed E-state index contributed by atoms with van der Waals surface area (Å²) in [5, 5.41) is -5.15. The van der Waals surface area contributed by atoms with Crippen LogP contribution in [-0.2, 0) is 38.7 Å². The molecule has 31 heavy (non-hydrogen) atoms. The molecular weight excluding hydrogens is 442 g/mol. The molecule has 4 rings (SSSR count). The molecule has 0 radical (unpaired) electrons. The van der Waals surface area contributed by atoms with E-state index in [0.717, 1.165) is 32.1 Å². The van der Waals surface area contributed by atoms with Crippen molar-refractivity contribution in [2.45, 2.75) is 63.6 Å². The standard InChI is InChI=1S/C19H28F2O9S/c1-3-27-11(2)30-16-13-4-12-5-14(16)8-18(6-12,7-13)10-29-15(22)9-28-17(23)19(20,21)31(24,25)26/h11-14,16H,3-10H2,1-2H3,(H,24,25,26). The number of hydrogen-bond donors (Lipinski definition) is 1. The zero-order valence-corrected chi connectivity index (χ0v) is 18.2. The molecule has 4 aliphatic carbocycles. The Morgan fingerprint density at radius 3 is 2.32 bits per heavy atom. The number of carbonyl (C=O) groups excluding carboxylic acids is 2. The van der Waals surface area contributed by atoms with Gasteiger partial charge in [0.25, 0.3) is 0 Å². The lowest BCUT2D eigenvalue weighted by atomic mass is 9.49. The topological polar surface area (TPSA) is 125 Å². The molecule has 0 aliphatic heterocycles. The first-order valence-electron chi connectivity index (χ1n) is 10.3. The Kier molecular flexibility index (Phi) is 6.95. The van der Waals surface area contributed by atoms with Gasteiger partial charge in [-0.05, 0) is 63.7 Å². The highest BCUT2D eigenvalue weighted by Crippen LogP contribution is 2.61. The second-order valence-electron chi connectivity index (χ2n) is 8.82. The first-order chi connectivity index (χ1) is 14.4. The van der Waals surface area contributed by atoms with Gasteiger partial charge in [0.2, 0.25) is 0 Å². The molecule has 3 atom stereocenters. The lowest BCUT2D eigenvalue weighted by molar-refractivity contribution is -0.235. The summed E-state index contributed by atoms with van der Waals surface area (Å²) in [6, 6.07) is 0. The van der Waals surface area contributed by atoms with E-state index in [-0.39, 0.29) is 24.4 Å².